The van der Waals surface area contributed by atoms with Crippen molar-refractivity contribution in [1.29, 1.82) is 0 Å². The normalized spacial score (nSPS) is 10.8. The van der Waals surface area contributed by atoms with Gasteiger partial charge in [0.15, 0.2) is 5.58 Å². The molecule has 0 aliphatic carbocycles. The number of hydrogen-bond donors (Lipinski definition) is 2. The van der Waals surface area contributed by atoms with E-state index in [2.05, 4.69) is 0 Å². The Bertz CT molecular complexity index is 528. The lowest BCUT2D eigenvalue weighted by Crippen LogP contribution is -2.29. The van der Waals surface area contributed by atoms with Crippen LogP contribution in [0.25, 0.3) is 11.1 Å². The Morgan fingerprint density at radius 1 is 1.43 bits per heavy atom. The fraction of sp³-hybridized carbons (Fsp3) is 0.125. The summed E-state index contributed by atoms with van der Waals surface area (Å²) in [6.07, 6.45) is 0. The van der Waals surface area contributed by atoms with Crippen LogP contribution < -0.4 is 11.2 Å². The number of hydrogen-bond acceptors (Lipinski definition) is 4. The van der Waals surface area contributed by atoms with E-state index in [0.717, 1.165) is 0 Å². The smallest absolute Gasteiger partial charge is 0.423 e. The molecule has 0 radical (unpaired) electrons. The van der Waals surface area contributed by atoms with E-state index in [9.17, 15) is 4.79 Å². The molecule has 0 fully saturated rings. The van der Waals surface area contributed by atoms with E-state index in [1.54, 1.807) is 13.1 Å². The Kier molecular flexibility index (Phi) is 1.94. The van der Waals surface area contributed by atoms with Crippen LogP contribution in [-0.2, 0) is 7.05 Å². The first-order chi connectivity index (χ1) is 6.59. The number of nitrogens with zero attached hydrogens (tertiary/aromatic N) is 1. The summed E-state index contributed by atoms with van der Waals surface area (Å²) in [4.78, 5) is 11.1. The first kappa shape index (κ1) is 9.05. The summed E-state index contributed by atoms with van der Waals surface area (Å²) in [6, 6.07) is 4.57. The van der Waals surface area contributed by atoms with Gasteiger partial charge in [-0.2, -0.15) is 0 Å². The topological polar surface area (TPSA) is 75.6 Å². The molecule has 5 nitrogen and oxygen atoms in total. The van der Waals surface area contributed by atoms with Crippen molar-refractivity contribution in [2.24, 2.45) is 7.05 Å². The van der Waals surface area contributed by atoms with E-state index in [1.807, 2.05) is 0 Å². The second-order valence-electron chi connectivity index (χ2n) is 3.03. The van der Waals surface area contributed by atoms with Crippen molar-refractivity contribution in [2.75, 3.05) is 0 Å². The maximum absolute atomic E-state index is 11.1. The van der Waals surface area contributed by atoms with Crippen LogP contribution in [0.2, 0.25) is 0 Å². The standard InChI is InChI=1S/C8H8BNO4/c1-10-6-3-2-5(9(12)13)4-7(6)14-8(10)11/h2-4,12-13H,1H3. The van der Waals surface area contributed by atoms with E-state index in [1.165, 1.54) is 16.7 Å². The lowest BCUT2D eigenvalue weighted by Gasteiger charge is -1.97. The summed E-state index contributed by atoms with van der Waals surface area (Å²) in [5, 5.41) is 17.8. The van der Waals surface area contributed by atoms with Gasteiger partial charge >= 0.3 is 12.9 Å². The van der Waals surface area contributed by atoms with Gasteiger partial charge in [0.05, 0.1) is 5.52 Å². The van der Waals surface area contributed by atoms with Gasteiger partial charge in [0, 0.05) is 7.05 Å². The summed E-state index contributed by atoms with van der Waals surface area (Å²) in [7, 11) is 0.0355. The highest BCUT2D eigenvalue weighted by Gasteiger charge is 2.13. The Hall–Kier alpha value is -1.53. The average molecular weight is 193 g/mol. The lowest BCUT2D eigenvalue weighted by molar-refractivity contribution is 0.425. The molecule has 0 aliphatic rings. The van der Waals surface area contributed by atoms with Crippen molar-refractivity contribution in [3.63, 3.8) is 0 Å². The molecular weight excluding hydrogens is 185 g/mol. The quantitative estimate of drug-likeness (QED) is 0.558. The van der Waals surface area contributed by atoms with E-state index in [0.29, 0.717) is 16.6 Å². The van der Waals surface area contributed by atoms with Crippen LogP contribution >= 0.6 is 0 Å². The minimum absolute atomic E-state index is 0.298. The largest absolute Gasteiger partial charge is 0.488 e. The third-order valence-corrected chi connectivity index (χ3v) is 2.11. The number of benzene rings is 1. The number of aryl methyl sites for hydroxylation is 1. The molecule has 1 aromatic heterocycles. The van der Waals surface area contributed by atoms with Crippen LogP contribution in [0.5, 0.6) is 0 Å². The summed E-state index contributed by atoms with van der Waals surface area (Å²) in [6.45, 7) is 0. The van der Waals surface area contributed by atoms with Crippen molar-refractivity contribution in [1.82, 2.24) is 4.57 Å². The molecule has 6 heteroatoms. The molecule has 0 saturated heterocycles. The van der Waals surface area contributed by atoms with Gasteiger partial charge in [-0.1, -0.05) is 6.07 Å². The van der Waals surface area contributed by atoms with E-state index >= 15 is 0 Å². The molecular formula is C8H8BNO4. The van der Waals surface area contributed by atoms with Gasteiger partial charge in [-0.05, 0) is 17.6 Å². The van der Waals surface area contributed by atoms with Crippen molar-refractivity contribution in [3.8, 4) is 0 Å². The van der Waals surface area contributed by atoms with Crippen LogP contribution in [0, 0.1) is 0 Å². The molecule has 0 saturated carbocycles. The van der Waals surface area contributed by atoms with Crippen LogP contribution in [0.15, 0.2) is 27.4 Å². The van der Waals surface area contributed by atoms with E-state index in [4.69, 9.17) is 14.5 Å². The van der Waals surface area contributed by atoms with Gasteiger partial charge in [-0.3, -0.25) is 4.57 Å². The van der Waals surface area contributed by atoms with Crippen molar-refractivity contribution < 1.29 is 14.5 Å². The van der Waals surface area contributed by atoms with Crippen molar-refractivity contribution >= 4 is 23.7 Å². The van der Waals surface area contributed by atoms with Gasteiger partial charge in [-0.25, -0.2) is 4.79 Å². The molecule has 0 atom stereocenters. The summed E-state index contributed by atoms with van der Waals surface area (Å²) in [5.41, 5.74) is 1.27. The Balaban J connectivity index is 2.73. The van der Waals surface area contributed by atoms with Gasteiger partial charge in [0.2, 0.25) is 0 Å². The monoisotopic (exact) mass is 193 g/mol. The predicted octanol–water partition coefficient (Wildman–Crippen LogP) is -1.19. The molecule has 1 aromatic carbocycles. The zero-order chi connectivity index (χ0) is 10.3. The Morgan fingerprint density at radius 3 is 2.79 bits per heavy atom. The van der Waals surface area contributed by atoms with E-state index < -0.39 is 12.9 Å². The van der Waals surface area contributed by atoms with Gasteiger partial charge < -0.3 is 14.5 Å². The zero-order valence-corrected chi connectivity index (χ0v) is 7.47. The molecule has 2 aromatic rings. The van der Waals surface area contributed by atoms with Gasteiger partial charge in [-0.15, -0.1) is 0 Å². The third-order valence-electron chi connectivity index (χ3n) is 2.11. The minimum Gasteiger partial charge on any atom is -0.423 e. The summed E-state index contributed by atoms with van der Waals surface area (Å²) in [5.74, 6) is -0.468. The van der Waals surface area contributed by atoms with Crippen LogP contribution in [0.4, 0.5) is 0 Å². The Morgan fingerprint density at radius 2 is 2.14 bits per heavy atom. The van der Waals surface area contributed by atoms with Crippen LogP contribution in [0.3, 0.4) is 0 Å². The first-order valence-electron chi connectivity index (χ1n) is 4.05. The molecule has 2 rings (SSSR count). The van der Waals surface area contributed by atoms with Crippen molar-refractivity contribution in [2.45, 2.75) is 0 Å². The molecule has 0 amide bonds. The number of rotatable bonds is 1. The van der Waals surface area contributed by atoms with Crippen LogP contribution in [0.1, 0.15) is 0 Å². The molecule has 14 heavy (non-hydrogen) atoms. The zero-order valence-electron chi connectivity index (χ0n) is 7.47. The molecule has 0 spiro atoms. The number of fused-ring (bicyclic) bond motifs is 1. The highest BCUT2D eigenvalue weighted by atomic mass is 16.4. The SMILES string of the molecule is Cn1c(=O)oc2cc(B(O)O)ccc21. The van der Waals surface area contributed by atoms with E-state index in [-0.39, 0.29) is 0 Å². The fourth-order valence-corrected chi connectivity index (χ4v) is 1.31. The van der Waals surface area contributed by atoms with Crippen LogP contribution in [-0.4, -0.2) is 21.7 Å². The Labute approximate surface area is 79.3 Å². The molecule has 0 bridgehead atoms. The summed E-state index contributed by atoms with van der Waals surface area (Å²) < 4.78 is 6.22. The second-order valence-corrected chi connectivity index (χ2v) is 3.03. The maximum Gasteiger partial charge on any atom is 0.488 e. The lowest BCUT2D eigenvalue weighted by atomic mass is 9.80. The molecule has 2 N–H and O–H groups in total. The summed E-state index contributed by atoms with van der Waals surface area (Å²) >= 11 is 0. The van der Waals surface area contributed by atoms with Gasteiger partial charge in [0.25, 0.3) is 0 Å². The van der Waals surface area contributed by atoms with Crippen molar-refractivity contribution in [3.05, 3.63) is 28.7 Å². The third kappa shape index (κ3) is 1.25. The number of aromatic nitrogens is 1. The number of oxazole rings is 1. The first-order valence-corrected chi connectivity index (χ1v) is 4.05. The predicted molar refractivity (Wildman–Crippen MR) is 51.3 cm³/mol. The average Bonchev–Trinajstić information content (AvgIpc) is 2.42. The minimum atomic E-state index is -1.55. The molecule has 0 unspecified atom stereocenters. The highest BCUT2D eigenvalue weighted by molar-refractivity contribution is 6.58. The second kappa shape index (κ2) is 3.00. The molecule has 0 aliphatic heterocycles. The molecule has 1 heterocycles. The highest BCUT2D eigenvalue weighted by Crippen LogP contribution is 2.08. The maximum atomic E-state index is 11.1. The molecule has 72 valence electrons. The van der Waals surface area contributed by atoms with Gasteiger partial charge in [0.1, 0.15) is 0 Å². The fourth-order valence-electron chi connectivity index (χ4n) is 1.31.